The van der Waals surface area contributed by atoms with Crippen LogP contribution in [0.1, 0.15) is 40.4 Å². The van der Waals surface area contributed by atoms with Gasteiger partial charge in [0, 0.05) is 51.1 Å². The van der Waals surface area contributed by atoms with Crippen LogP contribution in [0.4, 0.5) is 0 Å². The van der Waals surface area contributed by atoms with E-state index in [-0.39, 0.29) is 6.17 Å². The highest BCUT2D eigenvalue weighted by Gasteiger charge is 2.28. The lowest BCUT2D eigenvalue weighted by atomic mass is 9.94. The molecule has 1 aliphatic carbocycles. The SMILES string of the molecule is CN1C(c2ccc3c(c2)CCC=C3)=NC(c2ccccc2)=NC1c1ccc(-n2c3ccccc3c3cc4c(cc32)c2ccccc2n4-c2ccccc2)cc1. The van der Waals surface area contributed by atoms with Crippen LogP contribution in [-0.4, -0.2) is 32.8 Å². The summed E-state index contributed by atoms with van der Waals surface area (Å²) in [5, 5.41) is 4.96. The molecular formula is C50H37N5. The van der Waals surface area contributed by atoms with Crippen LogP contribution in [0.2, 0.25) is 0 Å². The molecule has 0 bridgehead atoms. The number of allylic oxidation sites excluding steroid dienone is 1. The number of fused-ring (bicyclic) bond motifs is 7. The summed E-state index contributed by atoms with van der Waals surface area (Å²) in [5.41, 5.74) is 13.0. The number of hydrogen-bond acceptors (Lipinski definition) is 3. The first-order valence-corrected chi connectivity index (χ1v) is 19.1. The molecule has 1 atom stereocenters. The summed E-state index contributed by atoms with van der Waals surface area (Å²) in [4.78, 5) is 12.7. The quantitative estimate of drug-likeness (QED) is 0.175. The summed E-state index contributed by atoms with van der Waals surface area (Å²) in [6.45, 7) is 0. The van der Waals surface area contributed by atoms with E-state index >= 15 is 0 Å². The van der Waals surface area contributed by atoms with Crippen LogP contribution < -0.4 is 0 Å². The zero-order valence-electron chi connectivity index (χ0n) is 30.5. The van der Waals surface area contributed by atoms with Crippen LogP contribution in [0.25, 0.3) is 61.1 Å². The Hall–Kier alpha value is -6.98. The van der Waals surface area contributed by atoms with E-state index in [9.17, 15) is 0 Å². The summed E-state index contributed by atoms with van der Waals surface area (Å²) in [7, 11) is 2.12. The highest BCUT2D eigenvalue weighted by molar-refractivity contribution is 6.19. The van der Waals surface area contributed by atoms with Gasteiger partial charge in [-0.2, -0.15) is 0 Å². The first kappa shape index (κ1) is 31.5. The maximum atomic E-state index is 5.28. The number of rotatable bonds is 5. The third kappa shape index (κ3) is 5.08. The van der Waals surface area contributed by atoms with Crippen molar-refractivity contribution in [3.05, 3.63) is 198 Å². The molecule has 1 unspecified atom stereocenters. The molecule has 3 heterocycles. The standard InChI is InChI=1S/C50H37N5/c1-53-49(51-48(34-15-4-2-5-16-34)52-50(53)37-25-24-33-14-8-9-17-36(33)30-37)35-26-28-39(29-27-35)55-45-23-13-11-21-41(45)43-31-46-42(32-47(43)55)40-20-10-12-22-44(40)54(46)38-18-6-3-7-19-38/h2-8,10-16,18-32,49H,9,17H2,1H3. The van der Waals surface area contributed by atoms with Gasteiger partial charge in [0.05, 0.1) is 22.1 Å². The van der Waals surface area contributed by atoms with Crippen LogP contribution in [0.3, 0.4) is 0 Å². The molecule has 11 rings (SSSR count). The van der Waals surface area contributed by atoms with Gasteiger partial charge in [0.1, 0.15) is 12.0 Å². The fourth-order valence-electron chi connectivity index (χ4n) is 8.75. The second kappa shape index (κ2) is 12.6. The van der Waals surface area contributed by atoms with E-state index in [2.05, 4.69) is 191 Å². The van der Waals surface area contributed by atoms with E-state index in [0.29, 0.717) is 0 Å². The molecule has 0 spiro atoms. The average molecular weight is 708 g/mol. The topological polar surface area (TPSA) is 37.8 Å². The molecule has 0 amide bonds. The largest absolute Gasteiger partial charge is 0.333 e. The Morgan fingerprint density at radius 3 is 1.80 bits per heavy atom. The number of aromatic nitrogens is 2. The lowest BCUT2D eigenvalue weighted by molar-refractivity contribution is 0.383. The number of aryl methyl sites for hydroxylation is 1. The monoisotopic (exact) mass is 707 g/mol. The summed E-state index contributed by atoms with van der Waals surface area (Å²) < 4.78 is 4.81. The molecule has 7 aromatic carbocycles. The van der Waals surface area contributed by atoms with Gasteiger partial charge >= 0.3 is 0 Å². The van der Waals surface area contributed by atoms with Gasteiger partial charge in [0.2, 0.25) is 0 Å². The van der Waals surface area contributed by atoms with E-state index in [4.69, 9.17) is 9.98 Å². The third-order valence-electron chi connectivity index (χ3n) is 11.4. The van der Waals surface area contributed by atoms with E-state index in [1.54, 1.807) is 0 Å². The van der Waals surface area contributed by atoms with Crippen molar-refractivity contribution in [1.82, 2.24) is 14.0 Å². The lowest BCUT2D eigenvalue weighted by Gasteiger charge is -2.33. The molecule has 0 fully saturated rings. The van der Waals surface area contributed by atoms with Gasteiger partial charge in [-0.1, -0.05) is 121 Å². The van der Waals surface area contributed by atoms with E-state index in [1.165, 1.54) is 54.7 Å². The molecular weight excluding hydrogens is 671 g/mol. The minimum Gasteiger partial charge on any atom is -0.333 e. The highest BCUT2D eigenvalue weighted by atomic mass is 15.3. The Bertz CT molecular complexity index is 3040. The molecule has 2 aromatic heterocycles. The highest BCUT2D eigenvalue weighted by Crippen LogP contribution is 2.40. The van der Waals surface area contributed by atoms with Gasteiger partial charge in [-0.15, -0.1) is 0 Å². The van der Waals surface area contributed by atoms with Crippen molar-refractivity contribution < 1.29 is 0 Å². The zero-order chi connectivity index (χ0) is 36.5. The number of aliphatic imine (C=N–C) groups is 2. The molecule has 0 saturated carbocycles. The second-order valence-electron chi connectivity index (χ2n) is 14.6. The Balaban J connectivity index is 1.05. The van der Waals surface area contributed by atoms with Crippen LogP contribution in [0.15, 0.2) is 180 Å². The lowest BCUT2D eigenvalue weighted by Crippen LogP contribution is -2.35. The Labute approximate surface area is 319 Å². The second-order valence-corrected chi connectivity index (χ2v) is 14.6. The first-order valence-electron chi connectivity index (χ1n) is 19.1. The number of benzene rings is 7. The molecule has 262 valence electrons. The van der Waals surface area contributed by atoms with Crippen LogP contribution >= 0.6 is 0 Å². The van der Waals surface area contributed by atoms with Gasteiger partial charge in [-0.25, -0.2) is 9.98 Å². The maximum absolute atomic E-state index is 5.28. The summed E-state index contributed by atoms with van der Waals surface area (Å²) >= 11 is 0. The molecule has 5 nitrogen and oxygen atoms in total. The predicted octanol–water partition coefficient (Wildman–Crippen LogP) is 11.7. The number of para-hydroxylation sites is 3. The van der Waals surface area contributed by atoms with Crippen molar-refractivity contribution in [2.45, 2.75) is 19.0 Å². The average Bonchev–Trinajstić information content (AvgIpc) is 3.75. The number of nitrogens with zero attached hydrogens (tertiary/aromatic N) is 5. The first-order chi connectivity index (χ1) is 27.2. The van der Waals surface area contributed by atoms with Crippen LogP contribution in [0, 0.1) is 0 Å². The van der Waals surface area contributed by atoms with Crippen LogP contribution in [0.5, 0.6) is 0 Å². The number of amidine groups is 2. The predicted molar refractivity (Wildman–Crippen MR) is 229 cm³/mol. The fraction of sp³-hybridized carbons (Fsp3) is 0.0800. The molecule has 0 saturated heterocycles. The zero-order valence-corrected chi connectivity index (χ0v) is 30.5. The minimum atomic E-state index is -0.241. The van der Waals surface area contributed by atoms with E-state index in [0.717, 1.165) is 52.6 Å². The van der Waals surface area contributed by atoms with Gasteiger partial charge in [-0.05, 0) is 84.1 Å². The van der Waals surface area contributed by atoms with E-state index < -0.39 is 0 Å². The molecule has 0 N–H and O–H groups in total. The third-order valence-corrected chi connectivity index (χ3v) is 11.4. The molecule has 5 heteroatoms. The van der Waals surface area contributed by atoms with Crippen molar-refractivity contribution in [1.29, 1.82) is 0 Å². The molecule has 55 heavy (non-hydrogen) atoms. The molecule has 1 aliphatic heterocycles. The molecule has 2 aliphatic rings. The smallest absolute Gasteiger partial charge is 0.159 e. The minimum absolute atomic E-state index is 0.241. The summed E-state index contributed by atoms with van der Waals surface area (Å²) in [6.07, 6.45) is 6.37. The summed E-state index contributed by atoms with van der Waals surface area (Å²) in [5.74, 6) is 1.68. The Morgan fingerprint density at radius 1 is 0.527 bits per heavy atom. The normalized spacial score (nSPS) is 15.5. The van der Waals surface area contributed by atoms with Gasteiger partial charge in [0.25, 0.3) is 0 Å². The fourth-order valence-corrected chi connectivity index (χ4v) is 8.75. The van der Waals surface area contributed by atoms with Crippen molar-refractivity contribution >= 4 is 61.4 Å². The van der Waals surface area contributed by atoms with Crippen molar-refractivity contribution in [2.75, 3.05) is 7.05 Å². The Kier molecular flexibility index (Phi) is 7.21. The molecule has 9 aromatic rings. The van der Waals surface area contributed by atoms with Crippen molar-refractivity contribution in [3.63, 3.8) is 0 Å². The van der Waals surface area contributed by atoms with Crippen molar-refractivity contribution in [3.8, 4) is 11.4 Å². The van der Waals surface area contributed by atoms with Gasteiger partial charge < -0.3 is 14.0 Å². The Morgan fingerprint density at radius 2 is 1.13 bits per heavy atom. The van der Waals surface area contributed by atoms with Crippen LogP contribution in [-0.2, 0) is 6.42 Å². The van der Waals surface area contributed by atoms with Gasteiger partial charge in [-0.3, -0.25) is 0 Å². The van der Waals surface area contributed by atoms with E-state index in [1.807, 2.05) is 6.07 Å². The maximum Gasteiger partial charge on any atom is 0.159 e. The van der Waals surface area contributed by atoms with Crippen molar-refractivity contribution in [2.24, 2.45) is 9.98 Å². The summed E-state index contributed by atoms with van der Waals surface area (Å²) in [6, 6.07) is 59.1. The number of hydrogen-bond donors (Lipinski definition) is 0. The van der Waals surface area contributed by atoms with Gasteiger partial charge in [0.15, 0.2) is 5.84 Å². The molecule has 0 radical (unpaired) electrons.